The molecule has 0 saturated carbocycles. The summed E-state index contributed by atoms with van der Waals surface area (Å²) in [5.41, 5.74) is 0. The molecule has 1 fully saturated rings. The van der Waals surface area contributed by atoms with Crippen LogP contribution in [0.5, 0.6) is 0 Å². The van der Waals surface area contributed by atoms with E-state index in [1.807, 2.05) is 0 Å². The van der Waals surface area contributed by atoms with Crippen LogP contribution in [0.15, 0.2) is 0 Å². The number of carbonyl (C=O) groups excluding carboxylic acids is 1. The molecule has 1 aliphatic heterocycles. The number of carboxylic acids is 1. The Balaban J connectivity index is 2.37. The minimum atomic E-state index is -3.06. The molecule has 0 aliphatic carbocycles. The van der Waals surface area contributed by atoms with Crippen molar-refractivity contribution < 1.29 is 23.1 Å². The predicted molar refractivity (Wildman–Crippen MR) is 61.2 cm³/mol. The van der Waals surface area contributed by atoms with Crippen molar-refractivity contribution in [3.8, 4) is 0 Å². The molecular formula is C10H17NO5S. The van der Waals surface area contributed by atoms with E-state index >= 15 is 0 Å². The number of carboxylic acid groups (broad SMARTS) is 1. The summed E-state index contributed by atoms with van der Waals surface area (Å²) in [7, 11) is -3.06. The summed E-state index contributed by atoms with van der Waals surface area (Å²) in [6.45, 7) is 1.71. The minimum Gasteiger partial charge on any atom is -0.481 e. The van der Waals surface area contributed by atoms with E-state index in [-0.39, 0.29) is 29.9 Å². The quantitative estimate of drug-likeness (QED) is 0.715. The van der Waals surface area contributed by atoms with Crippen molar-refractivity contribution in [1.29, 1.82) is 0 Å². The van der Waals surface area contributed by atoms with Gasteiger partial charge in [-0.25, -0.2) is 8.42 Å². The fourth-order valence-electron chi connectivity index (χ4n) is 1.77. The van der Waals surface area contributed by atoms with Gasteiger partial charge in [-0.15, -0.1) is 0 Å². The van der Waals surface area contributed by atoms with E-state index in [4.69, 9.17) is 5.11 Å². The van der Waals surface area contributed by atoms with Crippen molar-refractivity contribution in [3.05, 3.63) is 0 Å². The maximum absolute atomic E-state index is 11.7. The molecule has 1 rings (SSSR count). The second kappa shape index (κ2) is 5.48. The zero-order valence-corrected chi connectivity index (χ0v) is 10.5. The number of nitrogens with one attached hydrogen (secondary N) is 1. The summed E-state index contributed by atoms with van der Waals surface area (Å²) in [6.07, 6.45) is 0.699. The number of hydrogen-bond acceptors (Lipinski definition) is 4. The zero-order valence-electron chi connectivity index (χ0n) is 9.68. The van der Waals surface area contributed by atoms with Crippen LogP contribution in [0.4, 0.5) is 0 Å². The van der Waals surface area contributed by atoms with Crippen molar-refractivity contribution in [3.63, 3.8) is 0 Å². The van der Waals surface area contributed by atoms with Gasteiger partial charge in [0.05, 0.1) is 17.4 Å². The fraction of sp³-hybridized carbons (Fsp3) is 0.800. The van der Waals surface area contributed by atoms with Gasteiger partial charge in [0.1, 0.15) is 0 Å². The molecule has 0 radical (unpaired) electrons. The van der Waals surface area contributed by atoms with Crippen molar-refractivity contribution in [2.24, 2.45) is 5.92 Å². The molecule has 0 aromatic carbocycles. The van der Waals surface area contributed by atoms with E-state index in [0.29, 0.717) is 12.8 Å². The van der Waals surface area contributed by atoms with Gasteiger partial charge in [0.15, 0.2) is 9.84 Å². The Kier molecular flexibility index (Phi) is 4.50. The lowest BCUT2D eigenvalue weighted by atomic mass is 10.1. The Morgan fingerprint density at radius 3 is 2.59 bits per heavy atom. The normalized spacial score (nSPS) is 24.2. The van der Waals surface area contributed by atoms with Gasteiger partial charge >= 0.3 is 5.97 Å². The van der Waals surface area contributed by atoms with Crippen LogP contribution in [0.25, 0.3) is 0 Å². The van der Waals surface area contributed by atoms with E-state index < -0.39 is 21.7 Å². The molecule has 0 aromatic rings. The van der Waals surface area contributed by atoms with Crippen LogP contribution in [0.2, 0.25) is 0 Å². The molecule has 0 bridgehead atoms. The Labute approximate surface area is 100 Å². The molecule has 2 atom stereocenters. The van der Waals surface area contributed by atoms with E-state index in [9.17, 15) is 18.0 Å². The van der Waals surface area contributed by atoms with E-state index in [1.165, 1.54) is 0 Å². The smallest absolute Gasteiger partial charge is 0.303 e. The minimum absolute atomic E-state index is 0.00951. The molecule has 2 unspecified atom stereocenters. The third-order valence-electron chi connectivity index (χ3n) is 2.78. The summed E-state index contributed by atoms with van der Waals surface area (Å²) in [6, 6.07) is -0.248. The topological polar surface area (TPSA) is 101 Å². The summed E-state index contributed by atoms with van der Waals surface area (Å²) >= 11 is 0. The Morgan fingerprint density at radius 2 is 2.12 bits per heavy atom. The first-order valence-electron chi connectivity index (χ1n) is 5.53. The highest BCUT2D eigenvalue weighted by atomic mass is 32.2. The number of aliphatic carboxylic acids is 1. The maximum Gasteiger partial charge on any atom is 0.303 e. The van der Waals surface area contributed by atoms with Gasteiger partial charge in [0.25, 0.3) is 0 Å². The molecule has 1 heterocycles. The Hall–Kier alpha value is -1.11. The highest BCUT2D eigenvalue weighted by molar-refractivity contribution is 7.91. The van der Waals surface area contributed by atoms with Gasteiger partial charge in [0.2, 0.25) is 5.91 Å². The summed E-state index contributed by atoms with van der Waals surface area (Å²) in [5.74, 6) is -1.70. The summed E-state index contributed by atoms with van der Waals surface area (Å²) < 4.78 is 22.4. The first kappa shape index (κ1) is 14.0. The lowest BCUT2D eigenvalue weighted by Gasteiger charge is -2.15. The largest absolute Gasteiger partial charge is 0.481 e. The average Bonchev–Trinajstić information content (AvgIpc) is 2.56. The molecule has 1 amide bonds. The highest BCUT2D eigenvalue weighted by Gasteiger charge is 2.33. The van der Waals surface area contributed by atoms with Gasteiger partial charge in [-0.2, -0.15) is 0 Å². The second-order valence-corrected chi connectivity index (χ2v) is 6.67. The highest BCUT2D eigenvalue weighted by Crippen LogP contribution is 2.18. The third kappa shape index (κ3) is 4.72. The van der Waals surface area contributed by atoms with Gasteiger partial charge in [0, 0.05) is 12.5 Å². The average molecular weight is 263 g/mol. The second-order valence-electron chi connectivity index (χ2n) is 4.44. The van der Waals surface area contributed by atoms with Crippen LogP contribution in [0, 0.1) is 5.92 Å². The lowest BCUT2D eigenvalue weighted by Crippen LogP contribution is -2.38. The predicted octanol–water partition coefficient (Wildman–Crippen LogP) is -0.209. The summed E-state index contributed by atoms with van der Waals surface area (Å²) in [5, 5.41) is 11.1. The van der Waals surface area contributed by atoms with E-state index in [1.54, 1.807) is 6.92 Å². The fourth-order valence-corrected chi connectivity index (χ4v) is 3.52. The zero-order chi connectivity index (χ0) is 13.1. The standard InChI is InChI=1S/C10H17NO5S/c1-7(2-3-9(12)13)11-10(14)8-4-5-17(15,16)6-8/h7-8H,2-6H2,1H3,(H,11,14)(H,12,13). The van der Waals surface area contributed by atoms with Crippen LogP contribution in [-0.4, -0.2) is 42.9 Å². The van der Waals surface area contributed by atoms with Crippen molar-refractivity contribution in [2.75, 3.05) is 11.5 Å². The molecule has 6 nitrogen and oxygen atoms in total. The van der Waals surface area contributed by atoms with E-state index in [0.717, 1.165) is 0 Å². The molecule has 17 heavy (non-hydrogen) atoms. The van der Waals surface area contributed by atoms with Crippen LogP contribution >= 0.6 is 0 Å². The van der Waals surface area contributed by atoms with E-state index in [2.05, 4.69) is 5.32 Å². The number of sulfone groups is 1. The molecule has 98 valence electrons. The molecular weight excluding hydrogens is 246 g/mol. The molecule has 1 saturated heterocycles. The number of amides is 1. The van der Waals surface area contributed by atoms with Crippen LogP contribution in [0.1, 0.15) is 26.2 Å². The van der Waals surface area contributed by atoms with Gasteiger partial charge in [-0.05, 0) is 19.8 Å². The lowest BCUT2D eigenvalue weighted by molar-refractivity contribution is -0.137. The number of hydrogen-bond donors (Lipinski definition) is 2. The van der Waals surface area contributed by atoms with Crippen LogP contribution < -0.4 is 5.32 Å². The maximum atomic E-state index is 11.7. The first-order chi connectivity index (χ1) is 7.80. The number of rotatable bonds is 5. The Bertz CT molecular complexity index is 403. The van der Waals surface area contributed by atoms with Gasteiger partial charge in [-0.1, -0.05) is 0 Å². The molecule has 0 aromatic heterocycles. The van der Waals surface area contributed by atoms with Gasteiger partial charge in [-0.3, -0.25) is 9.59 Å². The third-order valence-corrected chi connectivity index (χ3v) is 4.55. The molecule has 0 spiro atoms. The monoisotopic (exact) mass is 263 g/mol. The van der Waals surface area contributed by atoms with Crippen molar-refractivity contribution in [2.45, 2.75) is 32.2 Å². The molecule has 7 heteroatoms. The SMILES string of the molecule is CC(CCC(=O)O)NC(=O)C1CCS(=O)(=O)C1. The van der Waals surface area contributed by atoms with Crippen LogP contribution in [-0.2, 0) is 19.4 Å². The summed E-state index contributed by atoms with van der Waals surface area (Å²) in [4.78, 5) is 22.0. The Morgan fingerprint density at radius 1 is 1.47 bits per heavy atom. The number of carbonyl (C=O) groups is 2. The van der Waals surface area contributed by atoms with Crippen molar-refractivity contribution in [1.82, 2.24) is 5.32 Å². The van der Waals surface area contributed by atoms with Gasteiger partial charge < -0.3 is 10.4 Å². The van der Waals surface area contributed by atoms with Crippen molar-refractivity contribution >= 4 is 21.7 Å². The van der Waals surface area contributed by atoms with Crippen LogP contribution in [0.3, 0.4) is 0 Å². The molecule has 2 N–H and O–H groups in total. The first-order valence-corrected chi connectivity index (χ1v) is 7.35. The molecule has 1 aliphatic rings.